The van der Waals surface area contributed by atoms with Gasteiger partial charge in [0.25, 0.3) is 0 Å². The van der Waals surface area contributed by atoms with Crippen LogP contribution in [0.3, 0.4) is 0 Å². The number of hydrogen-bond donors (Lipinski definition) is 2. The maximum absolute atomic E-state index is 4.72. The Balaban J connectivity index is 1.88. The van der Waals surface area contributed by atoms with Crippen molar-refractivity contribution in [2.75, 3.05) is 13.1 Å². The summed E-state index contributed by atoms with van der Waals surface area (Å²) in [4.78, 5) is 9.95. The molecule has 3 heterocycles. The molecule has 0 radical (unpaired) electrons. The van der Waals surface area contributed by atoms with E-state index in [0.717, 1.165) is 0 Å². The van der Waals surface area contributed by atoms with Crippen molar-refractivity contribution >= 4 is 10.9 Å². The smallest absolute Gasteiger partial charge is 0.158 e. The first kappa shape index (κ1) is 14.5. The van der Waals surface area contributed by atoms with Crippen molar-refractivity contribution in [1.29, 1.82) is 0 Å². The fourth-order valence-corrected chi connectivity index (χ4v) is 4.07. The number of H-pyrrole nitrogens is 1. The summed E-state index contributed by atoms with van der Waals surface area (Å²) in [6, 6.07) is 15.3. The number of aromatic nitrogens is 2. The standard InChI is InChI=1S/C20H23N3/c1-15-19(16-9-3-4-10-17(16)22-15)20(18-11-5-6-12-21-18)23-13-7-2-8-14-23/h3-6,9-12,20,22H,2,7-8,13-14H2,1H3/p+1/t20-/m0/s1. The van der Waals surface area contributed by atoms with Crippen molar-refractivity contribution in [2.24, 2.45) is 0 Å². The summed E-state index contributed by atoms with van der Waals surface area (Å²) in [5, 5.41) is 1.35. The summed E-state index contributed by atoms with van der Waals surface area (Å²) in [6.45, 7) is 4.68. The molecule has 118 valence electrons. The van der Waals surface area contributed by atoms with Crippen LogP contribution in [0, 0.1) is 6.92 Å². The highest BCUT2D eigenvalue weighted by Gasteiger charge is 2.32. The topological polar surface area (TPSA) is 33.1 Å². The molecule has 3 heteroatoms. The van der Waals surface area contributed by atoms with E-state index in [0.29, 0.717) is 6.04 Å². The van der Waals surface area contributed by atoms with Crippen LogP contribution >= 0.6 is 0 Å². The van der Waals surface area contributed by atoms with Crippen molar-refractivity contribution in [3.8, 4) is 0 Å². The number of aromatic amines is 1. The number of pyridine rings is 1. The number of likely N-dealkylation sites (tertiary alicyclic amines) is 1. The molecule has 3 aromatic rings. The number of aryl methyl sites for hydroxylation is 1. The number of piperidine rings is 1. The van der Waals surface area contributed by atoms with Gasteiger partial charge < -0.3 is 9.88 Å². The number of quaternary nitrogens is 1. The van der Waals surface area contributed by atoms with Gasteiger partial charge >= 0.3 is 0 Å². The maximum Gasteiger partial charge on any atom is 0.158 e. The number of fused-ring (bicyclic) bond motifs is 1. The monoisotopic (exact) mass is 306 g/mol. The van der Waals surface area contributed by atoms with Crippen LogP contribution in [0.1, 0.15) is 42.3 Å². The summed E-state index contributed by atoms with van der Waals surface area (Å²) in [6.07, 6.45) is 5.93. The normalized spacial score (nSPS) is 17.4. The molecule has 0 bridgehead atoms. The van der Waals surface area contributed by atoms with Crippen LogP contribution in [-0.4, -0.2) is 23.1 Å². The number of nitrogens with one attached hydrogen (secondary N) is 2. The van der Waals surface area contributed by atoms with Crippen molar-refractivity contribution in [2.45, 2.75) is 32.2 Å². The molecule has 0 amide bonds. The summed E-state index contributed by atoms with van der Waals surface area (Å²) >= 11 is 0. The molecule has 0 spiro atoms. The number of nitrogens with zero attached hydrogens (tertiary/aromatic N) is 1. The van der Waals surface area contributed by atoms with Gasteiger partial charge in [-0.25, -0.2) is 0 Å². The van der Waals surface area contributed by atoms with E-state index in [1.165, 1.54) is 60.2 Å². The molecule has 1 aliphatic heterocycles. The molecule has 0 unspecified atom stereocenters. The molecule has 1 fully saturated rings. The van der Waals surface area contributed by atoms with Crippen molar-refractivity contribution in [3.63, 3.8) is 0 Å². The lowest BCUT2D eigenvalue weighted by Gasteiger charge is -2.31. The Labute approximate surface area is 137 Å². The van der Waals surface area contributed by atoms with Crippen LogP contribution in [-0.2, 0) is 0 Å². The van der Waals surface area contributed by atoms with Gasteiger partial charge in [-0.1, -0.05) is 24.3 Å². The maximum atomic E-state index is 4.72. The summed E-state index contributed by atoms with van der Waals surface area (Å²) in [5.41, 5.74) is 5.13. The van der Waals surface area contributed by atoms with E-state index in [2.05, 4.69) is 48.3 Å². The second-order valence-electron chi connectivity index (χ2n) is 6.62. The van der Waals surface area contributed by atoms with Gasteiger partial charge in [0.2, 0.25) is 0 Å². The van der Waals surface area contributed by atoms with E-state index < -0.39 is 0 Å². The first-order valence-electron chi connectivity index (χ1n) is 8.67. The largest absolute Gasteiger partial charge is 0.358 e. The van der Waals surface area contributed by atoms with E-state index in [9.17, 15) is 0 Å². The zero-order valence-corrected chi connectivity index (χ0v) is 13.7. The minimum absolute atomic E-state index is 0.327. The minimum Gasteiger partial charge on any atom is -0.358 e. The van der Waals surface area contributed by atoms with Crippen LogP contribution < -0.4 is 4.90 Å². The summed E-state index contributed by atoms with van der Waals surface area (Å²) in [5.74, 6) is 0. The van der Waals surface area contributed by atoms with Gasteiger partial charge in [-0.05, 0) is 44.4 Å². The highest BCUT2D eigenvalue weighted by molar-refractivity contribution is 5.85. The van der Waals surface area contributed by atoms with E-state index in [4.69, 9.17) is 4.98 Å². The Morgan fingerprint density at radius 1 is 1.00 bits per heavy atom. The third-order valence-corrected chi connectivity index (χ3v) is 5.12. The van der Waals surface area contributed by atoms with Gasteiger partial charge in [-0.3, -0.25) is 4.98 Å². The fraction of sp³-hybridized carbons (Fsp3) is 0.350. The van der Waals surface area contributed by atoms with E-state index in [-0.39, 0.29) is 0 Å². The van der Waals surface area contributed by atoms with Gasteiger partial charge in [0, 0.05) is 28.4 Å². The molecule has 1 aromatic carbocycles. The molecule has 0 aliphatic carbocycles. The number of hydrogen-bond acceptors (Lipinski definition) is 1. The Morgan fingerprint density at radius 2 is 1.78 bits per heavy atom. The van der Waals surface area contributed by atoms with Gasteiger partial charge in [0.05, 0.1) is 13.1 Å². The van der Waals surface area contributed by atoms with Gasteiger partial charge in [0.1, 0.15) is 5.69 Å². The number of para-hydroxylation sites is 1. The average molecular weight is 306 g/mol. The first-order chi connectivity index (χ1) is 11.3. The molecule has 23 heavy (non-hydrogen) atoms. The Kier molecular flexibility index (Phi) is 3.88. The highest BCUT2D eigenvalue weighted by Crippen LogP contribution is 2.29. The van der Waals surface area contributed by atoms with Crippen LogP contribution in [0.2, 0.25) is 0 Å². The van der Waals surface area contributed by atoms with E-state index in [1.807, 2.05) is 12.3 Å². The molecule has 2 N–H and O–H groups in total. The molecule has 1 atom stereocenters. The molecule has 4 rings (SSSR count). The van der Waals surface area contributed by atoms with Crippen LogP contribution in [0.15, 0.2) is 48.7 Å². The Bertz CT molecular complexity index is 785. The number of benzene rings is 1. The first-order valence-corrected chi connectivity index (χ1v) is 8.67. The lowest BCUT2D eigenvalue weighted by molar-refractivity contribution is -0.930. The molecule has 1 aliphatic rings. The van der Waals surface area contributed by atoms with Gasteiger partial charge in [0.15, 0.2) is 6.04 Å². The zero-order chi connectivity index (χ0) is 15.6. The molecular formula is C20H24N3+. The quantitative estimate of drug-likeness (QED) is 0.766. The van der Waals surface area contributed by atoms with Crippen LogP contribution in [0.25, 0.3) is 10.9 Å². The van der Waals surface area contributed by atoms with E-state index >= 15 is 0 Å². The lowest BCUT2D eigenvalue weighted by atomic mass is 9.96. The summed E-state index contributed by atoms with van der Waals surface area (Å²) in [7, 11) is 0. The van der Waals surface area contributed by atoms with E-state index in [1.54, 1.807) is 4.90 Å². The van der Waals surface area contributed by atoms with Crippen molar-refractivity contribution in [3.05, 3.63) is 65.6 Å². The summed E-state index contributed by atoms with van der Waals surface area (Å²) < 4.78 is 0. The molecular weight excluding hydrogens is 282 g/mol. The van der Waals surface area contributed by atoms with Crippen LogP contribution in [0.5, 0.6) is 0 Å². The number of rotatable bonds is 3. The second kappa shape index (κ2) is 6.17. The third kappa shape index (κ3) is 2.66. The Morgan fingerprint density at radius 3 is 2.57 bits per heavy atom. The molecule has 0 saturated carbocycles. The van der Waals surface area contributed by atoms with Crippen molar-refractivity contribution in [1.82, 2.24) is 9.97 Å². The second-order valence-corrected chi connectivity index (χ2v) is 6.62. The average Bonchev–Trinajstić information content (AvgIpc) is 2.94. The third-order valence-electron chi connectivity index (χ3n) is 5.12. The SMILES string of the molecule is Cc1[nH]c2ccccc2c1[C@H](c1ccccn1)[NH+]1CCCCC1. The van der Waals surface area contributed by atoms with Crippen LogP contribution in [0.4, 0.5) is 0 Å². The predicted octanol–water partition coefficient (Wildman–Crippen LogP) is 3.03. The molecule has 3 nitrogen and oxygen atoms in total. The zero-order valence-electron chi connectivity index (χ0n) is 13.7. The minimum atomic E-state index is 0.327. The van der Waals surface area contributed by atoms with Gasteiger partial charge in [-0.2, -0.15) is 0 Å². The molecule has 1 saturated heterocycles. The fourth-order valence-electron chi connectivity index (χ4n) is 4.07. The van der Waals surface area contributed by atoms with Crippen molar-refractivity contribution < 1.29 is 4.90 Å². The lowest BCUT2D eigenvalue weighted by Crippen LogP contribution is -3.13. The predicted molar refractivity (Wildman–Crippen MR) is 93.7 cm³/mol. The Hall–Kier alpha value is -2.13. The molecule has 2 aromatic heterocycles. The highest BCUT2D eigenvalue weighted by atomic mass is 15.2. The van der Waals surface area contributed by atoms with Gasteiger partial charge in [-0.15, -0.1) is 0 Å².